The minimum absolute atomic E-state index is 0.426. The summed E-state index contributed by atoms with van der Waals surface area (Å²) in [4.78, 5) is 11.0. The number of azo groups is 1. The van der Waals surface area contributed by atoms with Gasteiger partial charge in [-0.15, -0.1) is 5.11 Å². The maximum atomic E-state index is 11.0. The van der Waals surface area contributed by atoms with Gasteiger partial charge in [0.25, 0.3) is 0 Å². The van der Waals surface area contributed by atoms with Crippen LogP contribution in [0.3, 0.4) is 0 Å². The van der Waals surface area contributed by atoms with Crippen molar-refractivity contribution in [2.75, 3.05) is 19.5 Å². The topological polar surface area (TPSA) is 72.3 Å². The van der Waals surface area contributed by atoms with Gasteiger partial charge in [0.15, 0.2) is 0 Å². The highest BCUT2D eigenvalue weighted by molar-refractivity contribution is 6.30. The second-order valence-electron chi connectivity index (χ2n) is 4.19. The molecule has 1 amide bonds. The summed E-state index contributed by atoms with van der Waals surface area (Å²) in [7, 11) is 2.75. The van der Waals surface area contributed by atoms with Gasteiger partial charge in [0.1, 0.15) is 11.4 Å². The second kappa shape index (κ2) is 7.42. The highest BCUT2D eigenvalue weighted by Gasteiger charge is 2.05. The van der Waals surface area contributed by atoms with E-state index in [2.05, 4.69) is 20.3 Å². The van der Waals surface area contributed by atoms with Gasteiger partial charge in [-0.2, -0.15) is 0 Å². The van der Waals surface area contributed by atoms with Crippen molar-refractivity contribution < 1.29 is 14.3 Å². The average molecular weight is 320 g/mol. The van der Waals surface area contributed by atoms with Crippen molar-refractivity contribution in [2.45, 2.75) is 0 Å². The van der Waals surface area contributed by atoms with Gasteiger partial charge in [-0.3, -0.25) is 0 Å². The molecule has 2 aromatic rings. The summed E-state index contributed by atoms with van der Waals surface area (Å²) in [5, 5.41) is 11.1. The number of carbonyl (C=O) groups excluding carboxylic acids is 1. The fraction of sp³-hybridized carbons (Fsp3) is 0.133. The molecule has 0 radical (unpaired) electrons. The Morgan fingerprint density at radius 3 is 2.41 bits per heavy atom. The van der Waals surface area contributed by atoms with Gasteiger partial charge in [0.05, 0.1) is 14.2 Å². The quantitative estimate of drug-likeness (QED) is 0.810. The molecule has 114 valence electrons. The van der Waals surface area contributed by atoms with Gasteiger partial charge in [0, 0.05) is 22.5 Å². The molecule has 0 aromatic heterocycles. The molecule has 0 unspecified atom stereocenters. The molecule has 0 saturated heterocycles. The SMILES string of the molecule is COC(=O)N=Nc1ccc(Nc2ccc(Cl)cc2)cc1OC. The molecule has 0 spiro atoms. The van der Waals surface area contributed by atoms with Crippen molar-refractivity contribution in [1.82, 2.24) is 0 Å². The van der Waals surface area contributed by atoms with E-state index in [1.165, 1.54) is 14.2 Å². The minimum Gasteiger partial charge on any atom is -0.494 e. The van der Waals surface area contributed by atoms with Crippen LogP contribution >= 0.6 is 11.6 Å². The van der Waals surface area contributed by atoms with E-state index in [9.17, 15) is 4.79 Å². The van der Waals surface area contributed by atoms with Crippen molar-refractivity contribution in [3.05, 3.63) is 47.5 Å². The maximum Gasteiger partial charge on any atom is 0.452 e. The fourth-order valence-corrected chi connectivity index (χ4v) is 1.80. The van der Waals surface area contributed by atoms with Gasteiger partial charge in [-0.25, -0.2) is 4.79 Å². The number of nitrogens with zero attached hydrogens (tertiary/aromatic N) is 2. The van der Waals surface area contributed by atoms with Crippen LogP contribution in [0.5, 0.6) is 5.75 Å². The molecule has 7 heteroatoms. The maximum absolute atomic E-state index is 11.0. The van der Waals surface area contributed by atoms with Crippen LogP contribution in [0.25, 0.3) is 0 Å². The van der Waals surface area contributed by atoms with E-state index in [1.807, 2.05) is 12.1 Å². The smallest absolute Gasteiger partial charge is 0.452 e. The third-order valence-electron chi connectivity index (χ3n) is 2.73. The zero-order chi connectivity index (χ0) is 15.9. The van der Waals surface area contributed by atoms with Crippen molar-refractivity contribution in [3.8, 4) is 5.75 Å². The number of hydrogen-bond acceptors (Lipinski definition) is 5. The molecular weight excluding hydrogens is 306 g/mol. The molecule has 0 atom stereocenters. The molecule has 0 fully saturated rings. The number of methoxy groups -OCH3 is 2. The van der Waals surface area contributed by atoms with Crippen LogP contribution in [-0.4, -0.2) is 20.3 Å². The molecule has 0 aliphatic carbocycles. The number of ether oxygens (including phenoxy) is 2. The number of anilines is 2. The number of carbonyl (C=O) groups is 1. The molecule has 6 nitrogen and oxygen atoms in total. The first-order valence-electron chi connectivity index (χ1n) is 6.32. The van der Waals surface area contributed by atoms with E-state index in [-0.39, 0.29) is 0 Å². The first-order chi connectivity index (χ1) is 10.6. The third-order valence-corrected chi connectivity index (χ3v) is 2.98. The van der Waals surface area contributed by atoms with Gasteiger partial charge in [0.2, 0.25) is 0 Å². The van der Waals surface area contributed by atoms with Crippen LogP contribution in [0.2, 0.25) is 5.02 Å². The highest BCUT2D eigenvalue weighted by Crippen LogP contribution is 2.32. The van der Waals surface area contributed by atoms with Crippen LogP contribution in [0, 0.1) is 0 Å². The lowest BCUT2D eigenvalue weighted by Gasteiger charge is -2.09. The Labute approximate surface area is 132 Å². The molecule has 1 N–H and O–H groups in total. The second-order valence-corrected chi connectivity index (χ2v) is 4.62. The van der Waals surface area contributed by atoms with Crippen molar-refractivity contribution in [3.63, 3.8) is 0 Å². The third kappa shape index (κ3) is 4.20. The van der Waals surface area contributed by atoms with E-state index in [1.54, 1.807) is 30.3 Å². The van der Waals surface area contributed by atoms with Crippen molar-refractivity contribution in [1.29, 1.82) is 0 Å². The summed E-state index contributed by atoms with van der Waals surface area (Å²) in [6.45, 7) is 0. The van der Waals surface area contributed by atoms with E-state index < -0.39 is 6.09 Å². The van der Waals surface area contributed by atoms with Gasteiger partial charge in [-0.1, -0.05) is 16.7 Å². The Balaban J connectivity index is 2.19. The number of hydrogen-bond donors (Lipinski definition) is 1. The molecule has 2 aromatic carbocycles. The fourth-order valence-electron chi connectivity index (χ4n) is 1.67. The van der Waals surface area contributed by atoms with Crippen molar-refractivity contribution >= 4 is 34.8 Å². The first-order valence-corrected chi connectivity index (χ1v) is 6.70. The van der Waals surface area contributed by atoms with E-state index in [0.29, 0.717) is 16.5 Å². The normalized spacial score (nSPS) is 10.5. The molecule has 2 rings (SSSR count). The molecule has 0 saturated carbocycles. The Morgan fingerprint density at radius 1 is 1.09 bits per heavy atom. The van der Waals surface area contributed by atoms with Gasteiger partial charge < -0.3 is 14.8 Å². The van der Waals surface area contributed by atoms with Crippen LogP contribution in [0.15, 0.2) is 52.7 Å². The lowest BCUT2D eigenvalue weighted by atomic mass is 10.2. The standard InChI is InChI=1S/C15H14ClN3O3/c1-21-14-9-12(17-11-5-3-10(16)4-6-11)7-8-13(14)18-19-15(20)22-2/h3-9,17H,1-2H3. The predicted octanol–water partition coefficient (Wildman–Crippen LogP) is 4.94. The van der Waals surface area contributed by atoms with E-state index in [4.69, 9.17) is 16.3 Å². The molecular formula is C15H14ClN3O3. The summed E-state index contributed by atoms with van der Waals surface area (Å²) in [6.07, 6.45) is -0.773. The number of halogens is 1. The monoisotopic (exact) mass is 319 g/mol. The highest BCUT2D eigenvalue weighted by atomic mass is 35.5. The predicted molar refractivity (Wildman–Crippen MR) is 84.6 cm³/mol. The van der Waals surface area contributed by atoms with Gasteiger partial charge >= 0.3 is 6.09 Å². The van der Waals surface area contributed by atoms with Crippen LogP contribution in [-0.2, 0) is 4.74 Å². The Morgan fingerprint density at radius 2 is 1.77 bits per heavy atom. The molecule has 0 heterocycles. The number of rotatable bonds is 4. The summed E-state index contributed by atoms with van der Waals surface area (Å²) in [6, 6.07) is 12.5. The van der Waals surface area contributed by atoms with Crippen LogP contribution < -0.4 is 10.1 Å². The van der Waals surface area contributed by atoms with Crippen LogP contribution in [0.1, 0.15) is 0 Å². The summed E-state index contributed by atoms with van der Waals surface area (Å²) >= 11 is 5.85. The minimum atomic E-state index is -0.773. The average Bonchev–Trinajstić information content (AvgIpc) is 2.55. The van der Waals surface area contributed by atoms with E-state index in [0.717, 1.165) is 11.4 Å². The molecule has 0 aliphatic heterocycles. The number of nitrogens with one attached hydrogen (secondary N) is 1. The lowest BCUT2D eigenvalue weighted by molar-refractivity contribution is 0.181. The largest absolute Gasteiger partial charge is 0.494 e. The number of benzene rings is 2. The molecule has 0 aliphatic rings. The Bertz CT molecular complexity index is 687. The molecule has 0 bridgehead atoms. The first kappa shape index (κ1) is 15.8. The van der Waals surface area contributed by atoms with E-state index >= 15 is 0 Å². The zero-order valence-corrected chi connectivity index (χ0v) is 12.8. The molecule has 22 heavy (non-hydrogen) atoms. The Hall–Kier alpha value is -2.60. The summed E-state index contributed by atoms with van der Waals surface area (Å²) < 4.78 is 9.64. The Kier molecular flexibility index (Phi) is 5.32. The van der Waals surface area contributed by atoms with Crippen LogP contribution in [0.4, 0.5) is 21.9 Å². The summed E-state index contributed by atoms with van der Waals surface area (Å²) in [5.74, 6) is 0.478. The zero-order valence-electron chi connectivity index (χ0n) is 12.0. The number of amides is 1. The van der Waals surface area contributed by atoms with Crippen molar-refractivity contribution in [2.24, 2.45) is 10.2 Å². The lowest BCUT2D eigenvalue weighted by Crippen LogP contribution is -1.92. The summed E-state index contributed by atoms with van der Waals surface area (Å²) in [5.41, 5.74) is 2.11. The van der Waals surface area contributed by atoms with Gasteiger partial charge in [-0.05, 0) is 36.4 Å².